The van der Waals surface area contributed by atoms with Crippen molar-refractivity contribution in [2.24, 2.45) is 0 Å². The Kier molecular flexibility index (Phi) is 14.5. The summed E-state index contributed by atoms with van der Waals surface area (Å²) in [6, 6.07) is 4.17. The van der Waals surface area contributed by atoms with E-state index in [0.29, 0.717) is 26.2 Å². The highest BCUT2D eigenvalue weighted by Gasteiger charge is 2.21. The lowest BCUT2D eigenvalue weighted by atomic mass is 10.2. The maximum atomic E-state index is 12.7. The molecule has 2 rings (SSSR count). The number of hydrogen-bond donors (Lipinski definition) is 6. The first-order valence-corrected chi connectivity index (χ1v) is 13.4. The molecule has 0 atom stereocenters. The molecule has 0 bridgehead atoms. The molecule has 1 aliphatic heterocycles. The van der Waals surface area contributed by atoms with Gasteiger partial charge in [0.15, 0.2) is 11.5 Å². The molecule has 42 heavy (non-hydrogen) atoms. The number of carboxylic acid groups (broad SMARTS) is 3. The van der Waals surface area contributed by atoms with E-state index in [1.807, 2.05) is 0 Å². The average molecular weight is 597 g/mol. The van der Waals surface area contributed by atoms with E-state index in [9.17, 15) is 44.4 Å². The second-order valence-electron chi connectivity index (χ2n) is 9.78. The van der Waals surface area contributed by atoms with Gasteiger partial charge in [0.05, 0.1) is 33.3 Å². The molecule has 0 aliphatic carbocycles. The number of hydrogen-bond acceptors (Lipinski definition) is 11. The van der Waals surface area contributed by atoms with Crippen molar-refractivity contribution in [2.75, 3.05) is 98.7 Å². The second-order valence-corrected chi connectivity index (χ2v) is 9.78. The first-order valence-electron chi connectivity index (χ1n) is 13.4. The smallest absolute Gasteiger partial charge is 0.317 e. The fraction of sp³-hybridized carbons (Fsp3) is 0.577. The van der Waals surface area contributed by atoms with Crippen LogP contribution in [0.25, 0.3) is 0 Å². The van der Waals surface area contributed by atoms with E-state index in [4.69, 9.17) is 4.74 Å². The number of aromatic hydroxyl groups is 1. The van der Waals surface area contributed by atoms with Crippen molar-refractivity contribution in [1.29, 1.82) is 0 Å². The van der Waals surface area contributed by atoms with Crippen molar-refractivity contribution in [3.63, 3.8) is 0 Å². The standard InChI is InChI=1S/C26H40N6O10/c1-42-21-14-19(2-3-20(21)33)26(41)28-5-4-27-22(34)15-29-6-8-30(16-23(35)36)10-12-32(18-25(39)40)13-11-31(9-7-29)17-24(37)38/h2-3,14,33H,4-13,15-18H2,1H3,(H,27,34)(H,28,41)(H,35,36)(H,37,38)(H,39,40). The van der Waals surface area contributed by atoms with Crippen LogP contribution in [0.4, 0.5) is 0 Å². The number of rotatable bonds is 13. The largest absolute Gasteiger partial charge is 0.504 e. The highest BCUT2D eigenvalue weighted by Crippen LogP contribution is 2.26. The number of carbonyl (C=O) groups is 5. The normalized spacial score (nSPS) is 16.5. The molecule has 1 saturated heterocycles. The molecule has 1 aromatic carbocycles. The monoisotopic (exact) mass is 596 g/mol. The molecule has 16 nitrogen and oxygen atoms in total. The van der Waals surface area contributed by atoms with Crippen LogP contribution in [0.3, 0.4) is 0 Å². The van der Waals surface area contributed by atoms with E-state index in [1.165, 1.54) is 25.3 Å². The Balaban J connectivity index is 1.96. The van der Waals surface area contributed by atoms with Crippen LogP contribution < -0.4 is 15.4 Å². The number of amides is 2. The summed E-state index contributed by atoms with van der Waals surface area (Å²) < 4.78 is 5.00. The van der Waals surface area contributed by atoms with Gasteiger partial charge in [0.2, 0.25) is 5.91 Å². The Hall–Kier alpha value is -3.99. The number of methoxy groups -OCH3 is 1. The van der Waals surface area contributed by atoms with Gasteiger partial charge in [-0.1, -0.05) is 0 Å². The zero-order chi connectivity index (χ0) is 31.1. The molecule has 6 N–H and O–H groups in total. The van der Waals surface area contributed by atoms with Gasteiger partial charge < -0.3 is 35.8 Å². The van der Waals surface area contributed by atoms with Crippen molar-refractivity contribution >= 4 is 29.7 Å². The number of ether oxygens (including phenoxy) is 1. The molecule has 16 heteroatoms. The third-order valence-corrected chi connectivity index (χ3v) is 6.55. The predicted octanol–water partition coefficient (Wildman–Crippen LogP) is -2.28. The number of benzene rings is 1. The lowest BCUT2D eigenvalue weighted by Gasteiger charge is -2.32. The van der Waals surface area contributed by atoms with Gasteiger partial charge >= 0.3 is 17.9 Å². The van der Waals surface area contributed by atoms with E-state index in [-0.39, 0.29) is 88.4 Å². The lowest BCUT2D eigenvalue weighted by molar-refractivity contribution is -0.140. The number of nitrogens with one attached hydrogen (secondary N) is 2. The van der Waals surface area contributed by atoms with Crippen LogP contribution in [0, 0.1) is 0 Å². The van der Waals surface area contributed by atoms with E-state index >= 15 is 0 Å². The van der Waals surface area contributed by atoms with Crippen molar-refractivity contribution < 1.29 is 49.1 Å². The summed E-state index contributed by atoms with van der Waals surface area (Å²) >= 11 is 0. The van der Waals surface area contributed by atoms with Gasteiger partial charge in [-0.2, -0.15) is 0 Å². The van der Waals surface area contributed by atoms with Crippen molar-refractivity contribution in [3.05, 3.63) is 23.8 Å². The number of aliphatic carboxylic acids is 3. The molecule has 0 radical (unpaired) electrons. The summed E-state index contributed by atoms with van der Waals surface area (Å²) in [6.45, 7) is 1.86. The molecule has 1 aromatic rings. The fourth-order valence-corrected chi connectivity index (χ4v) is 4.34. The van der Waals surface area contributed by atoms with Gasteiger partial charge in [-0.05, 0) is 18.2 Å². The molecule has 1 fully saturated rings. The van der Waals surface area contributed by atoms with Gasteiger partial charge in [0.25, 0.3) is 5.91 Å². The van der Waals surface area contributed by atoms with Gasteiger partial charge in [0, 0.05) is 71.0 Å². The number of carbonyl (C=O) groups excluding carboxylic acids is 2. The average Bonchev–Trinajstić information content (AvgIpc) is 2.91. The summed E-state index contributed by atoms with van der Waals surface area (Å²) in [5.74, 6) is -3.78. The maximum Gasteiger partial charge on any atom is 0.317 e. The van der Waals surface area contributed by atoms with Crippen LogP contribution in [-0.4, -0.2) is 168 Å². The molecular formula is C26H40N6O10. The summed E-state index contributed by atoms with van der Waals surface area (Å²) in [4.78, 5) is 66.0. The minimum atomic E-state index is -1.03. The Morgan fingerprint density at radius 1 is 0.690 bits per heavy atom. The van der Waals surface area contributed by atoms with Crippen molar-refractivity contribution in [2.45, 2.75) is 0 Å². The Labute approximate surface area is 243 Å². The van der Waals surface area contributed by atoms with Crippen molar-refractivity contribution in [1.82, 2.24) is 30.2 Å². The van der Waals surface area contributed by atoms with Crippen molar-refractivity contribution in [3.8, 4) is 11.5 Å². The zero-order valence-electron chi connectivity index (χ0n) is 23.7. The van der Waals surface area contributed by atoms with Crippen LogP contribution in [-0.2, 0) is 19.2 Å². The Bertz CT molecular complexity index is 1060. The zero-order valence-corrected chi connectivity index (χ0v) is 23.7. The molecule has 1 heterocycles. The van der Waals surface area contributed by atoms with Gasteiger partial charge in [-0.3, -0.25) is 43.6 Å². The molecule has 0 saturated carbocycles. The minimum Gasteiger partial charge on any atom is -0.504 e. The molecule has 234 valence electrons. The van der Waals surface area contributed by atoms with E-state index in [1.54, 1.807) is 19.6 Å². The first kappa shape index (κ1) is 34.2. The molecule has 1 aliphatic rings. The number of phenolic OH excluding ortho intramolecular Hbond substituents is 1. The lowest BCUT2D eigenvalue weighted by Crippen LogP contribution is -2.50. The third-order valence-electron chi connectivity index (χ3n) is 6.55. The Morgan fingerprint density at radius 2 is 1.10 bits per heavy atom. The molecule has 2 amide bonds. The minimum absolute atomic E-state index is 0.0317. The van der Waals surface area contributed by atoms with E-state index in [2.05, 4.69) is 10.6 Å². The predicted molar refractivity (Wildman–Crippen MR) is 149 cm³/mol. The van der Waals surface area contributed by atoms with Gasteiger partial charge in [0.1, 0.15) is 0 Å². The summed E-state index contributed by atoms with van der Waals surface area (Å²) in [5, 5.41) is 43.0. The molecule has 0 aromatic heterocycles. The summed E-state index contributed by atoms with van der Waals surface area (Å²) in [7, 11) is 1.37. The molecular weight excluding hydrogens is 556 g/mol. The summed E-state index contributed by atoms with van der Waals surface area (Å²) in [5.41, 5.74) is 0.276. The first-order chi connectivity index (χ1) is 20.0. The van der Waals surface area contributed by atoms with Crippen LogP contribution in [0.2, 0.25) is 0 Å². The van der Waals surface area contributed by atoms with Gasteiger partial charge in [-0.25, -0.2) is 0 Å². The molecule has 0 spiro atoms. The topological polar surface area (TPSA) is 213 Å². The van der Waals surface area contributed by atoms with E-state index in [0.717, 1.165) is 0 Å². The number of nitrogens with zero attached hydrogens (tertiary/aromatic N) is 4. The number of phenols is 1. The quantitative estimate of drug-likeness (QED) is 0.133. The van der Waals surface area contributed by atoms with Crippen LogP contribution in [0.5, 0.6) is 11.5 Å². The highest BCUT2D eigenvalue weighted by atomic mass is 16.5. The van der Waals surface area contributed by atoms with Crippen LogP contribution in [0.15, 0.2) is 18.2 Å². The maximum absolute atomic E-state index is 12.7. The van der Waals surface area contributed by atoms with E-state index < -0.39 is 23.8 Å². The third kappa shape index (κ3) is 13.1. The van der Waals surface area contributed by atoms with Gasteiger partial charge in [-0.15, -0.1) is 0 Å². The van der Waals surface area contributed by atoms with Crippen LogP contribution >= 0.6 is 0 Å². The molecule has 0 unspecified atom stereocenters. The Morgan fingerprint density at radius 3 is 1.50 bits per heavy atom. The summed E-state index contributed by atoms with van der Waals surface area (Å²) in [6.07, 6.45) is 0. The fourth-order valence-electron chi connectivity index (χ4n) is 4.34. The highest BCUT2D eigenvalue weighted by molar-refractivity contribution is 5.94. The number of carboxylic acids is 3. The van der Waals surface area contributed by atoms with Crippen LogP contribution in [0.1, 0.15) is 10.4 Å². The SMILES string of the molecule is COc1cc(C(=O)NCCNC(=O)CN2CCN(CC(=O)O)CCN(CC(=O)O)CCN(CC(=O)O)CC2)ccc1O. The second kappa shape index (κ2) is 17.7.